The highest BCUT2D eigenvalue weighted by atomic mass is 16.5. The average molecular weight is 327 g/mol. The number of hydrogen-bond acceptors (Lipinski definition) is 6. The predicted molar refractivity (Wildman–Crippen MR) is 88.4 cm³/mol. The van der Waals surface area contributed by atoms with Crippen molar-refractivity contribution in [2.75, 3.05) is 18.0 Å². The smallest absolute Gasteiger partial charge is 0.261 e. The van der Waals surface area contributed by atoms with Gasteiger partial charge in [-0.2, -0.15) is 4.98 Å². The van der Waals surface area contributed by atoms with E-state index in [2.05, 4.69) is 25.3 Å². The number of carbonyl (C=O) groups excluding carboxylic acids is 1. The van der Waals surface area contributed by atoms with Crippen molar-refractivity contribution in [3.8, 4) is 11.5 Å². The molecule has 4 rings (SSSR count). The van der Waals surface area contributed by atoms with E-state index in [-0.39, 0.29) is 11.8 Å². The van der Waals surface area contributed by atoms with Crippen LogP contribution in [0.4, 0.5) is 5.82 Å². The highest BCUT2D eigenvalue weighted by Gasteiger charge is 2.31. The third-order valence-electron chi connectivity index (χ3n) is 4.63. The largest absolute Gasteiger partial charge is 0.356 e. The molecule has 1 N–H and O–H groups in total. The summed E-state index contributed by atoms with van der Waals surface area (Å²) in [4.78, 5) is 23.2. The molecular weight excluding hydrogens is 306 g/mol. The number of pyridine rings is 1. The summed E-state index contributed by atoms with van der Waals surface area (Å²) in [7, 11) is 0. The number of rotatable bonds is 4. The summed E-state index contributed by atoms with van der Waals surface area (Å²) < 4.78 is 5.30. The minimum Gasteiger partial charge on any atom is -0.356 e. The maximum atomic E-state index is 12.2. The number of aryl methyl sites for hydroxylation is 1. The Labute approximate surface area is 140 Å². The Balaban J connectivity index is 1.46. The normalized spacial score (nSPS) is 18.6. The Hall–Kier alpha value is -2.44. The second-order valence-electron chi connectivity index (χ2n) is 6.57. The van der Waals surface area contributed by atoms with Crippen LogP contribution in [-0.4, -0.2) is 40.2 Å². The predicted octanol–water partition coefficient (Wildman–Crippen LogP) is 1.94. The molecule has 0 radical (unpaired) electrons. The number of piperidine rings is 1. The molecule has 2 aromatic rings. The monoisotopic (exact) mass is 327 g/mol. The van der Waals surface area contributed by atoms with E-state index < -0.39 is 0 Å². The fourth-order valence-corrected chi connectivity index (χ4v) is 3.12. The van der Waals surface area contributed by atoms with E-state index in [1.807, 2.05) is 12.1 Å². The van der Waals surface area contributed by atoms with E-state index in [1.54, 1.807) is 13.1 Å². The van der Waals surface area contributed by atoms with E-state index in [1.165, 1.54) is 0 Å². The number of aromatic nitrogens is 3. The van der Waals surface area contributed by atoms with Crippen LogP contribution in [0.5, 0.6) is 0 Å². The first-order chi connectivity index (χ1) is 11.7. The van der Waals surface area contributed by atoms with Crippen molar-refractivity contribution in [1.82, 2.24) is 20.4 Å². The van der Waals surface area contributed by atoms with Gasteiger partial charge in [0, 0.05) is 31.2 Å². The Morgan fingerprint density at radius 3 is 2.75 bits per heavy atom. The summed E-state index contributed by atoms with van der Waals surface area (Å²) in [5.41, 5.74) is 0.846. The Bertz CT molecular complexity index is 732. The van der Waals surface area contributed by atoms with Gasteiger partial charge in [-0.15, -0.1) is 0 Å². The van der Waals surface area contributed by atoms with Gasteiger partial charge in [-0.05, 0) is 44.7 Å². The molecule has 1 aliphatic heterocycles. The van der Waals surface area contributed by atoms with E-state index in [9.17, 15) is 4.79 Å². The lowest BCUT2D eigenvalue weighted by Crippen LogP contribution is -2.41. The first-order valence-electron chi connectivity index (χ1n) is 8.52. The van der Waals surface area contributed by atoms with Crippen LogP contribution in [0.25, 0.3) is 11.5 Å². The second kappa shape index (κ2) is 6.22. The zero-order valence-corrected chi connectivity index (χ0v) is 13.7. The van der Waals surface area contributed by atoms with Crippen LogP contribution >= 0.6 is 0 Å². The maximum Gasteiger partial charge on any atom is 0.261 e. The first kappa shape index (κ1) is 15.1. The molecule has 126 valence electrons. The van der Waals surface area contributed by atoms with E-state index in [0.717, 1.165) is 50.2 Å². The van der Waals surface area contributed by atoms with Crippen molar-refractivity contribution in [3.63, 3.8) is 0 Å². The fourth-order valence-electron chi connectivity index (χ4n) is 3.12. The quantitative estimate of drug-likeness (QED) is 0.924. The molecular formula is C17H21N5O2. The van der Waals surface area contributed by atoms with Crippen LogP contribution in [-0.2, 0) is 4.79 Å². The number of carbonyl (C=O) groups is 1. The van der Waals surface area contributed by atoms with Crippen LogP contribution in [0.2, 0.25) is 0 Å². The van der Waals surface area contributed by atoms with Gasteiger partial charge in [0.05, 0.1) is 5.56 Å². The number of anilines is 1. The van der Waals surface area contributed by atoms with E-state index >= 15 is 0 Å². The van der Waals surface area contributed by atoms with Crippen molar-refractivity contribution < 1.29 is 9.32 Å². The van der Waals surface area contributed by atoms with Crippen LogP contribution < -0.4 is 10.2 Å². The van der Waals surface area contributed by atoms with Crippen molar-refractivity contribution in [3.05, 3.63) is 24.2 Å². The molecule has 1 saturated heterocycles. The average Bonchev–Trinajstić information content (AvgIpc) is 3.32. The van der Waals surface area contributed by atoms with E-state index in [4.69, 9.17) is 4.52 Å². The standard InChI is InChI=1S/C17H21N5O2/c1-11-19-17(24-21-11)14-3-2-8-18-15(14)22-9-6-12(7-10-22)16(23)20-13-4-5-13/h2-3,8,12-13H,4-7,9-10H2,1H3,(H,20,23). The molecule has 2 fully saturated rings. The Morgan fingerprint density at radius 2 is 2.08 bits per heavy atom. The van der Waals surface area contributed by atoms with Crippen molar-refractivity contribution in [2.24, 2.45) is 5.92 Å². The Morgan fingerprint density at radius 1 is 1.29 bits per heavy atom. The molecule has 0 spiro atoms. The second-order valence-corrected chi connectivity index (χ2v) is 6.57. The molecule has 0 bridgehead atoms. The first-order valence-corrected chi connectivity index (χ1v) is 8.52. The topological polar surface area (TPSA) is 84.2 Å². The number of nitrogens with zero attached hydrogens (tertiary/aromatic N) is 4. The molecule has 0 unspecified atom stereocenters. The van der Waals surface area contributed by atoms with Crippen LogP contribution in [0.3, 0.4) is 0 Å². The molecule has 0 atom stereocenters. The van der Waals surface area contributed by atoms with Gasteiger partial charge in [-0.1, -0.05) is 5.16 Å². The van der Waals surface area contributed by atoms with Gasteiger partial charge in [-0.25, -0.2) is 4.98 Å². The molecule has 24 heavy (non-hydrogen) atoms. The van der Waals surface area contributed by atoms with Gasteiger partial charge in [0.25, 0.3) is 5.89 Å². The highest BCUT2D eigenvalue weighted by molar-refractivity contribution is 5.79. The SMILES string of the molecule is Cc1noc(-c2cccnc2N2CCC(C(=O)NC3CC3)CC2)n1. The van der Waals surface area contributed by atoms with Crippen LogP contribution in [0.1, 0.15) is 31.5 Å². The highest BCUT2D eigenvalue weighted by Crippen LogP contribution is 2.31. The molecule has 2 aliphatic rings. The van der Waals surface area contributed by atoms with Crippen LogP contribution in [0, 0.1) is 12.8 Å². The van der Waals surface area contributed by atoms with Gasteiger partial charge < -0.3 is 14.7 Å². The minimum atomic E-state index is 0.111. The lowest BCUT2D eigenvalue weighted by molar-refractivity contribution is -0.125. The maximum absolute atomic E-state index is 12.2. The lowest BCUT2D eigenvalue weighted by Gasteiger charge is -2.32. The minimum absolute atomic E-state index is 0.111. The molecule has 1 amide bonds. The Kier molecular flexibility index (Phi) is 3.92. The summed E-state index contributed by atoms with van der Waals surface area (Å²) in [6.45, 7) is 3.41. The lowest BCUT2D eigenvalue weighted by atomic mass is 9.95. The zero-order chi connectivity index (χ0) is 16.5. The van der Waals surface area contributed by atoms with Crippen molar-refractivity contribution >= 4 is 11.7 Å². The summed E-state index contributed by atoms with van der Waals surface area (Å²) >= 11 is 0. The van der Waals surface area contributed by atoms with Gasteiger partial charge in [0.2, 0.25) is 5.91 Å². The fraction of sp³-hybridized carbons (Fsp3) is 0.529. The number of amides is 1. The van der Waals surface area contributed by atoms with Crippen molar-refractivity contribution in [2.45, 2.75) is 38.6 Å². The van der Waals surface area contributed by atoms with Crippen molar-refractivity contribution in [1.29, 1.82) is 0 Å². The molecule has 7 heteroatoms. The number of nitrogens with one attached hydrogen (secondary N) is 1. The molecule has 1 saturated carbocycles. The summed E-state index contributed by atoms with van der Waals surface area (Å²) in [6.07, 6.45) is 5.72. The van der Waals surface area contributed by atoms with Gasteiger partial charge in [-0.3, -0.25) is 4.79 Å². The summed E-state index contributed by atoms with van der Waals surface area (Å²) in [5, 5.41) is 6.97. The molecule has 3 heterocycles. The third-order valence-corrected chi connectivity index (χ3v) is 4.63. The molecule has 0 aromatic carbocycles. The van der Waals surface area contributed by atoms with Gasteiger partial charge in [0.1, 0.15) is 5.82 Å². The molecule has 7 nitrogen and oxygen atoms in total. The van der Waals surface area contributed by atoms with E-state index in [0.29, 0.717) is 17.8 Å². The van der Waals surface area contributed by atoms with Gasteiger partial charge >= 0.3 is 0 Å². The summed E-state index contributed by atoms with van der Waals surface area (Å²) in [5.74, 6) is 2.27. The summed E-state index contributed by atoms with van der Waals surface area (Å²) in [6, 6.07) is 4.24. The zero-order valence-electron chi connectivity index (χ0n) is 13.7. The number of hydrogen-bond donors (Lipinski definition) is 1. The molecule has 2 aromatic heterocycles. The molecule has 1 aliphatic carbocycles. The van der Waals surface area contributed by atoms with Gasteiger partial charge in [0.15, 0.2) is 5.82 Å². The third kappa shape index (κ3) is 3.11. The van der Waals surface area contributed by atoms with Crippen LogP contribution in [0.15, 0.2) is 22.9 Å².